The van der Waals surface area contributed by atoms with E-state index in [1.54, 1.807) is 11.9 Å². The second-order valence-corrected chi connectivity index (χ2v) is 6.40. The van der Waals surface area contributed by atoms with Gasteiger partial charge in [-0.1, -0.05) is 18.2 Å². The maximum Gasteiger partial charge on any atom is 0.229 e. The molecule has 0 unspecified atom stereocenters. The SMILES string of the molecule is CN1C(=O)[C@H]2COC[C@@H]1CN(C(=O)CCCOc1ccccc1)C2. The number of para-hydroxylation sites is 1. The maximum atomic E-state index is 12.5. The summed E-state index contributed by atoms with van der Waals surface area (Å²) >= 11 is 0. The van der Waals surface area contributed by atoms with Crippen LogP contribution in [0.1, 0.15) is 12.8 Å². The molecule has 6 nitrogen and oxygen atoms in total. The Hall–Kier alpha value is -2.08. The first kappa shape index (κ1) is 16.8. The molecule has 0 N–H and O–H groups in total. The van der Waals surface area contributed by atoms with E-state index in [1.165, 1.54) is 0 Å². The van der Waals surface area contributed by atoms with E-state index in [2.05, 4.69) is 0 Å². The summed E-state index contributed by atoms with van der Waals surface area (Å²) in [7, 11) is 1.80. The highest BCUT2D eigenvalue weighted by atomic mass is 16.5. The summed E-state index contributed by atoms with van der Waals surface area (Å²) < 4.78 is 11.2. The number of carbonyl (C=O) groups excluding carboxylic acids is 2. The van der Waals surface area contributed by atoms with Crippen molar-refractivity contribution in [1.29, 1.82) is 0 Å². The lowest BCUT2D eigenvalue weighted by Crippen LogP contribution is -2.45. The van der Waals surface area contributed by atoms with Gasteiger partial charge >= 0.3 is 0 Å². The Labute approximate surface area is 142 Å². The van der Waals surface area contributed by atoms with Crippen molar-refractivity contribution in [3.63, 3.8) is 0 Å². The van der Waals surface area contributed by atoms with Crippen molar-refractivity contribution in [2.45, 2.75) is 18.9 Å². The third kappa shape index (κ3) is 3.87. The largest absolute Gasteiger partial charge is 0.494 e. The minimum absolute atomic E-state index is 0.0467. The number of ether oxygens (including phenoxy) is 2. The predicted molar refractivity (Wildman–Crippen MR) is 88.6 cm³/mol. The highest BCUT2D eigenvalue weighted by molar-refractivity contribution is 5.82. The van der Waals surface area contributed by atoms with Gasteiger partial charge in [-0.05, 0) is 18.6 Å². The van der Waals surface area contributed by atoms with E-state index in [0.717, 1.165) is 5.75 Å². The Morgan fingerprint density at radius 3 is 2.83 bits per heavy atom. The van der Waals surface area contributed by atoms with Crippen LogP contribution in [0.5, 0.6) is 5.75 Å². The molecule has 2 aliphatic heterocycles. The molecule has 2 atom stereocenters. The zero-order valence-electron chi connectivity index (χ0n) is 14.0. The number of rotatable bonds is 5. The molecule has 2 saturated heterocycles. The van der Waals surface area contributed by atoms with Gasteiger partial charge in [-0.25, -0.2) is 0 Å². The predicted octanol–water partition coefficient (Wildman–Crippen LogP) is 1.16. The van der Waals surface area contributed by atoms with E-state index in [4.69, 9.17) is 9.47 Å². The number of nitrogens with zero attached hydrogens (tertiary/aromatic N) is 2. The number of fused-ring (bicyclic) bond motifs is 3. The molecule has 0 aliphatic carbocycles. The van der Waals surface area contributed by atoms with Crippen molar-refractivity contribution in [3.05, 3.63) is 30.3 Å². The van der Waals surface area contributed by atoms with Crippen LogP contribution in [-0.2, 0) is 14.3 Å². The van der Waals surface area contributed by atoms with Crippen molar-refractivity contribution < 1.29 is 19.1 Å². The molecule has 0 aromatic heterocycles. The Bertz CT molecular complexity index is 578. The van der Waals surface area contributed by atoms with Crippen LogP contribution in [0, 0.1) is 5.92 Å². The fourth-order valence-corrected chi connectivity index (χ4v) is 3.19. The molecule has 0 saturated carbocycles. The molecule has 2 heterocycles. The van der Waals surface area contributed by atoms with Crippen molar-refractivity contribution in [1.82, 2.24) is 9.80 Å². The second-order valence-electron chi connectivity index (χ2n) is 6.40. The summed E-state index contributed by atoms with van der Waals surface area (Å²) in [5, 5.41) is 0. The zero-order chi connectivity index (χ0) is 16.9. The van der Waals surface area contributed by atoms with E-state index < -0.39 is 0 Å². The zero-order valence-corrected chi connectivity index (χ0v) is 14.0. The molecule has 2 bridgehead atoms. The molecule has 1 aromatic rings. The number of hydrogen-bond donors (Lipinski definition) is 0. The van der Waals surface area contributed by atoms with Crippen LogP contribution >= 0.6 is 0 Å². The summed E-state index contributed by atoms with van der Waals surface area (Å²) in [5.74, 6) is 0.748. The van der Waals surface area contributed by atoms with Crippen LogP contribution in [0.2, 0.25) is 0 Å². The summed E-state index contributed by atoms with van der Waals surface area (Å²) in [4.78, 5) is 28.4. The molecule has 2 amide bonds. The van der Waals surface area contributed by atoms with Crippen LogP contribution in [0.25, 0.3) is 0 Å². The Balaban J connectivity index is 1.49. The van der Waals surface area contributed by atoms with Crippen molar-refractivity contribution >= 4 is 11.8 Å². The van der Waals surface area contributed by atoms with Gasteiger partial charge in [-0.3, -0.25) is 9.59 Å². The number of hydrogen-bond acceptors (Lipinski definition) is 4. The van der Waals surface area contributed by atoms with Crippen molar-refractivity contribution in [3.8, 4) is 5.75 Å². The van der Waals surface area contributed by atoms with Gasteiger partial charge in [0.1, 0.15) is 5.75 Å². The van der Waals surface area contributed by atoms with Crippen LogP contribution in [0.3, 0.4) is 0 Å². The average Bonchev–Trinajstić information content (AvgIpc) is 2.78. The highest BCUT2D eigenvalue weighted by Gasteiger charge is 2.38. The fraction of sp³-hybridized carbons (Fsp3) is 0.556. The summed E-state index contributed by atoms with van der Waals surface area (Å²) in [6.07, 6.45) is 1.10. The number of amides is 2. The van der Waals surface area contributed by atoms with Crippen LogP contribution < -0.4 is 4.74 Å². The molecule has 0 radical (unpaired) electrons. The van der Waals surface area contributed by atoms with Crippen molar-refractivity contribution in [2.75, 3.05) is 40.0 Å². The van der Waals surface area contributed by atoms with E-state index in [1.807, 2.05) is 35.2 Å². The lowest BCUT2D eigenvalue weighted by atomic mass is 10.1. The minimum Gasteiger partial charge on any atom is -0.494 e. The number of likely N-dealkylation sites (N-methyl/N-ethyl adjacent to an activating group) is 1. The van der Waals surface area contributed by atoms with Gasteiger partial charge in [0, 0.05) is 26.6 Å². The van der Waals surface area contributed by atoms with E-state index in [9.17, 15) is 9.59 Å². The molecule has 0 spiro atoms. The first-order valence-electron chi connectivity index (χ1n) is 8.45. The monoisotopic (exact) mass is 332 g/mol. The maximum absolute atomic E-state index is 12.5. The molecular weight excluding hydrogens is 308 g/mol. The molecular formula is C18H24N2O4. The minimum atomic E-state index is -0.244. The summed E-state index contributed by atoms with van der Waals surface area (Å²) in [6.45, 7) is 2.42. The van der Waals surface area contributed by atoms with Crippen LogP contribution in [0.4, 0.5) is 0 Å². The second kappa shape index (κ2) is 7.66. The molecule has 3 rings (SSSR count). The molecule has 2 fully saturated rings. The molecule has 130 valence electrons. The topological polar surface area (TPSA) is 59.1 Å². The lowest BCUT2D eigenvalue weighted by molar-refractivity contribution is -0.134. The third-order valence-electron chi connectivity index (χ3n) is 4.65. The Morgan fingerprint density at radius 2 is 2.04 bits per heavy atom. The van der Waals surface area contributed by atoms with E-state index in [-0.39, 0.29) is 23.8 Å². The van der Waals surface area contributed by atoms with Gasteiger partial charge < -0.3 is 19.3 Å². The molecule has 6 heteroatoms. The summed E-state index contributed by atoms with van der Waals surface area (Å²) in [6, 6.07) is 9.54. The van der Waals surface area contributed by atoms with Gasteiger partial charge in [0.15, 0.2) is 0 Å². The quantitative estimate of drug-likeness (QED) is 0.759. The molecule has 2 aliphatic rings. The Morgan fingerprint density at radius 1 is 1.25 bits per heavy atom. The highest BCUT2D eigenvalue weighted by Crippen LogP contribution is 2.20. The van der Waals surface area contributed by atoms with E-state index >= 15 is 0 Å². The van der Waals surface area contributed by atoms with Crippen molar-refractivity contribution in [2.24, 2.45) is 5.92 Å². The average molecular weight is 332 g/mol. The first-order valence-corrected chi connectivity index (χ1v) is 8.45. The molecule has 24 heavy (non-hydrogen) atoms. The van der Waals surface area contributed by atoms with Gasteiger partial charge in [-0.2, -0.15) is 0 Å². The number of carbonyl (C=O) groups is 2. The third-order valence-corrected chi connectivity index (χ3v) is 4.65. The van der Waals surface area contributed by atoms with Gasteiger partial charge in [0.2, 0.25) is 11.8 Å². The molecule has 1 aromatic carbocycles. The number of benzene rings is 1. The normalized spacial score (nSPS) is 23.8. The van der Waals surface area contributed by atoms with Gasteiger partial charge in [0.05, 0.1) is 31.8 Å². The van der Waals surface area contributed by atoms with Gasteiger partial charge in [0.25, 0.3) is 0 Å². The Kier molecular flexibility index (Phi) is 5.35. The lowest BCUT2D eigenvalue weighted by Gasteiger charge is -2.29. The van der Waals surface area contributed by atoms with Gasteiger partial charge in [-0.15, -0.1) is 0 Å². The smallest absolute Gasteiger partial charge is 0.229 e. The first-order chi connectivity index (χ1) is 11.6. The van der Waals surface area contributed by atoms with Crippen LogP contribution in [0.15, 0.2) is 30.3 Å². The summed E-state index contributed by atoms with van der Waals surface area (Å²) in [5.41, 5.74) is 0. The van der Waals surface area contributed by atoms with E-state index in [0.29, 0.717) is 45.8 Å². The standard InChI is InChI=1S/C18H24N2O4/c1-19-15-11-20(10-14(18(19)22)12-23-13-15)17(21)8-5-9-24-16-6-3-2-4-7-16/h2-4,6-7,14-15H,5,8-13H2,1H3/t14-,15+/m1/s1. The fourth-order valence-electron chi connectivity index (χ4n) is 3.19. The van der Waals surface area contributed by atoms with Crippen LogP contribution in [-0.4, -0.2) is 67.6 Å².